The van der Waals surface area contributed by atoms with Crippen LogP contribution < -0.4 is 10.7 Å². The predicted octanol–water partition coefficient (Wildman–Crippen LogP) is 1.21. The molecule has 0 radical (unpaired) electrons. The maximum atomic E-state index is 11.8. The Morgan fingerprint density at radius 2 is 2.25 bits per heavy atom. The van der Waals surface area contributed by atoms with Crippen molar-refractivity contribution in [3.05, 3.63) is 57.6 Å². The molecule has 0 aliphatic rings. The SMILES string of the molecule is O=C(NN=Cc1ccc(Br)o1)c1cccc([NH+]([O-])O)c1. The van der Waals surface area contributed by atoms with E-state index < -0.39 is 11.1 Å². The Morgan fingerprint density at radius 1 is 1.45 bits per heavy atom. The lowest BCUT2D eigenvalue weighted by Crippen LogP contribution is -2.99. The Labute approximate surface area is 122 Å². The van der Waals surface area contributed by atoms with Gasteiger partial charge in [0.15, 0.2) is 10.4 Å². The number of hydrogen-bond acceptors (Lipinski definition) is 5. The van der Waals surface area contributed by atoms with Crippen LogP contribution >= 0.6 is 15.9 Å². The quantitative estimate of drug-likeness (QED) is 0.575. The van der Waals surface area contributed by atoms with Gasteiger partial charge in [0, 0.05) is 17.7 Å². The molecule has 3 N–H and O–H groups in total. The van der Waals surface area contributed by atoms with E-state index in [0.29, 0.717) is 10.4 Å². The molecule has 0 spiro atoms. The average molecular weight is 340 g/mol. The first-order valence-electron chi connectivity index (χ1n) is 5.48. The average Bonchev–Trinajstić information content (AvgIpc) is 2.84. The highest BCUT2D eigenvalue weighted by Crippen LogP contribution is 2.12. The number of nitrogens with zero attached hydrogens (tertiary/aromatic N) is 1. The van der Waals surface area contributed by atoms with E-state index in [0.717, 1.165) is 0 Å². The first-order chi connectivity index (χ1) is 9.56. The molecule has 7 nitrogen and oxygen atoms in total. The molecule has 1 atom stereocenters. The van der Waals surface area contributed by atoms with Crippen LogP contribution in [-0.2, 0) is 0 Å². The minimum atomic E-state index is -1.09. The van der Waals surface area contributed by atoms with Gasteiger partial charge >= 0.3 is 0 Å². The van der Waals surface area contributed by atoms with Crippen LogP contribution in [0, 0.1) is 5.21 Å². The summed E-state index contributed by atoms with van der Waals surface area (Å²) in [5.41, 5.74) is 2.53. The van der Waals surface area contributed by atoms with Crippen molar-refractivity contribution in [3.8, 4) is 0 Å². The normalized spacial score (nSPS) is 12.6. The van der Waals surface area contributed by atoms with Gasteiger partial charge in [0.25, 0.3) is 5.91 Å². The molecular weight excluding hydrogens is 330 g/mol. The van der Waals surface area contributed by atoms with Crippen LogP contribution in [-0.4, -0.2) is 17.3 Å². The fourth-order valence-corrected chi connectivity index (χ4v) is 1.73. The first-order valence-corrected chi connectivity index (χ1v) is 6.27. The second kappa shape index (κ2) is 6.44. The lowest BCUT2D eigenvalue weighted by Gasteiger charge is -2.11. The molecule has 1 heterocycles. The number of quaternary nitrogens is 1. The lowest BCUT2D eigenvalue weighted by atomic mass is 10.2. The number of carbonyl (C=O) groups is 1. The highest BCUT2D eigenvalue weighted by molar-refractivity contribution is 9.10. The number of amides is 1. The Kier molecular flexibility index (Phi) is 4.64. The highest BCUT2D eigenvalue weighted by Gasteiger charge is 2.08. The monoisotopic (exact) mass is 339 g/mol. The van der Waals surface area contributed by atoms with Gasteiger partial charge in [-0.2, -0.15) is 10.3 Å². The summed E-state index contributed by atoms with van der Waals surface area (Å²) in [7, 11) is 0. The van der Waals surface area contributed by atoms with Gasteiger partial charge in [-0.1, -0.05) is 6.07 Å². The fourth-order valence-electron chi connectivity index (χ4n) is 1.41. The van der Waals surface area contributed by atoms with Gasteiger partial charge in [-0.15, -0.1) is 0 Å². The van der Waals surface area contributed by atoms with Crippen LogP contribution in [0.4, 0.5) is 5.69 Å². The molecule has 1 aromatic carbocycles. The minimum Gasteiger partial charge on any atom is -0.595 e. The molecule has 0 aliphatic carbocycles. The molecule has 8 heteroatoms. The van der Waals surface area contributed by atoms with Gasteiger partial charge in [-0.05, 0) is 34.1 Å². The van der Waals surface area contributed by atoms with Crippen molar-refractivity contribution < 1.29 is 19.6 Å². The van der Waals surface area contributed by atoms with E-state index in [1.807, 2.05) is 0 Å². The summed E-state index contributed by atoms with van der Waals surface area (Å²) in [6.45, 7) is 0. The number of rotatable bonds is 4. The van der Waals surface area contributed by atoms with E-state index in [1.54, 1.807) is 12.1 Å². The maximum Gasteiger partial charge on any atom is 0.271 e. The zero-order chi connectivity index (χ0) is 14.5. The molecule has 1 aromatic heterocycles. The minimum absolute atomic E-state index is 0.0385. The summed E-state index contributed by atoms with van der Waals surface area (Å²) in [6, 6.07) is 9.04. The number of hydrogen-bond donors (Lipinski definition) is 3. The summed E-state index contributed by atoms with van der Waals surface area (Å²) in [6.07, 6.45) is 1.34. The number of hydrazone groups is 1. The molecule has 0 bridgehead atoms. The summed E-state index contributed by atoms with van der Waals surface area (Å²) < 4.78 is 5.71. The largest absolute Gasteiger partial charge is 0.595 e. The van der Waals surface area contributed by atoms with Gasteiger partial charge in [-0.3, -0.25) is 4.79 Å². The molecule has 2 aromatic rings. The smallest absolute Gasteiger partial charge is 0.271 e. The Balaban J connectivity index is 2.01. The molecule has 1 unspecified atom stereocenters. The zero-order valence-corrected chi connectivity index (χ0v) is 11.6. The van der Waals surface area contributed by atoms with Gasteiger partial charge in [-0.25, -0.2) is 10.6 Å². The third kappa shape index (κ3) is 3.75. The van der Waals surface area contributed by atoms with Crippen LogP contribution in [0.3, 0.4) is 0 Å². The molecule has 0 aliphatic heterocycles. The van der Waals surface area contributed by atoms with E-state index in [-0.39, 0.29) is 11.3 Å². The molecule has 0 fully saturated rings. The summed E-state index contributed by atoms with van der Waals surface area (Å²) in [5.74, 6) is -0.0357. The summed E-state index contributed by atoms with van der Waals surface area (Å²) in [5, 5.41) is 22.3. The maximum absolute atomic E-state index is 11.8. The van der Waals surface area contributed by atoms with Crippen molar-refractivity contribution in [2.75, 3.05) is 0 Å². The van der Waals surface area contributed by atoms with Crippen molar-refractivity contribution in [2.45, 2.75) is 0 Å². The first kappa shape index (κ1) is 14.4. The number of nitrogens with one attached hydrogen (secondary N) is 2. The fraction of sp³-hybridized carbons (Fsp3) is 0. The van der Waals surface area contributed by atoms with Crippen molar-refractivity contribution in [2.24, 2.45) is 5.10 Å². The zero-order valence-electron chi connectivity index (χ0n) is 10.0. The Bertz CT molecular complexity index is 639. The third-order valence-corrected chi connectivity index (χ3v) is 2.75. The molecule has 1 amide bonds. The topological polar surface area (TPSA) is 102 Å². The molecule has 104 valence electrons. The van der Waals surface area contributed by atoms with Gasteiger partial charge in [0.1, 0.15) is 5.76 Å². The number of carbonyl (C=O) groups excluding carboxylic acids is 1. The van der Waals surface area contributed by atoms with Crippen LogP contribution in [0.5, 0.6) is 0 Å². The number of furan rings is 1. The molecule has 2 rings (SSSR count). The molecule has 0 saturated carbocycles. The summed E-state index contributed by atoms with van der Waals surface area (Å²) >= 11 is 3.14. The van der Waals surface area contributed by atoms with E-state index in [4.69, 9.17) is 9.62 Å². The Morgan fingerprint density at radius 3 is 2.90 bits per heavy atom. The number of halogens is 1. The summed E-state index contributed by atoms with van der Waals surface area (Å²) in [4.78, 5) is 11.8. The molecule has 20 heavy (non-hydrogen) atoms. The van der Waals surface area contributed by atoms with Crippen molar-refractivity contribution in [3.63, 3.8) is 0 Å². The second-order valence-corrected chi connectivity index (χ2v) is 4.51. The van der Waals surface area contributed by atoms with E-state index >= 15 is 0 Å². The van der Waals surface area contributed by atoms with Crippen molar-refractivity contribution in [1.29, 1.82) is 0 Å². The van der Waals surface area contributed by atoms with Crippen molar-refractivity contribution in [1.82, 2.24) is 5.43 Å². The number of benzene rings is 1. The van der Waals surface area contributed by atoms with Gasteiger partial charge in [0.05, 0.1) is 6.21 Å². The van der Waals surface area contributed by atoms with Crippen LogP contribution in [0.1, 0.15) is 16.1 Å². The van der Waals surface area contributed by atoms with Crippen LogP contribution in [0.2, 0.25) is 0 Å². The second-order valence-electron chi connectivity index (χ2n) is 3.73. The Hall–Kier alpha value is -2.00. The van der Waals surface area contributed by atoms with Crippen LogP contribution in [0.25, 0.3) is 0 Å². The molecular formula is C12H10BrN3O4. The van der Waals surface area contributed by atoms with Gasteiger partial charge in [0.2, 0.25) is 0 Å². The lowest BCUT2D eigenvalue weighted by molar-refractivity contribution is -0.991. The van der Waals surface area contributed by atoms with E-state index in [1.165, 1.54) is 30.5 Å². The van der Waals surface area contributed by atoms with Gasteiger partial charge < -0.3 is 9.62 Å². The standard InChI is InChI=1S/C12H10BrN3O4/c13-11-5-4-10(20-11)7-14-15-12(17)8-2-1-3-9(6-8)16(18)19/h1-7,16,18H,(H,15,17). The predicted molar refractivity (Wildman–Crippen MR) is 73.7 cm³/mol. The van der Waals surface area contributed by atoms with E-state index in [2.05, 4.69) is 26.5 Å². The van der Waals surface area contributed by atoms with Crippen LogP contribution in [0.15, 0.2) is 50.6 Å². The molecule has 0 saturated heterocycles. The third-order valence-electron chi connectivity index (χ3n) is 2.32. The van der Waals surface area contributed by atoms with E-state index in [9.17, 15) is 10.0 Å². The van der Waals surface area contributed by atoms with Crippen molar-refractivity contribution >= 4 is 33.7 Å². The highest BCUT2D eigenvalue weighted by atomic mass is 79.9.